The monoisotopic (exact) mass is 188 g/mol. The predicted molar refractivity (Wildman–Crippen MR) is 50.0 cm³/mol. The molecule has 1 heterocycles. The minimum absolute atomic E-state index is 0.342. The van der Waals surface area contributed by atoms with Crippen LogP contribution >= 0.6 is 0 Å². The van der Waals surface area contributed by atoms with E-state index in [0.717, 1.165) is 0 Å². The van der Waals surface area contributed by atoms with Gasteiger partial charge in [-0.25, -0.2) is 4.79 Å². The summed E-state index contributed by atoms with van der Waals surface area (Å²) in [6.07, 6.45) is 1.50. The van der Waals surface area contributed by atoms with Crippen LogP contribution < -0.4 is 4.74 Å². The summed E-state index contributed by atoms with van der Waals surface area (Å²) in [6.45, 7) is 0. The Morgan fingerprint density at radius 1 is 1.21 bits per heavy atom. The molecule has 14 heavy (non-hydrogen) atoms. The van der Waals surface area contributed by atoms with E-state index in [1.807, 2.05) is 6.07 Å². The Morgan fingerprint density at radius 2 is 2.00 bits per heavy atom. The van der Waals surface area contributed by atoms with E-state index in [1.54, 1.807) is 30.3 Å². The number of aromatic nitrogens is 2. The van der Waals surface area contributed by atoms with Crippen LogP contribution in [-0.4, -0.2) is 16.2 Å². The van der Waals surface area contributed by atoms with Crippen LogP contribution in [0.4, 0.5) is 0 Å². The number of H-pyrrole nitrogens is 1. The molecule has 4 nitrogen and oxygen atoms in total. The molecule has 0 fully saturated rings. The summed E-state index contributed by atoms with van der Waals surface area (Å²) < 4.78 is 5.05. The van der Waals surface area contributed by atoms with Crippen molar-refractivity contribution in [3.8, 4) is 5.75 Å². The van der Waals surface area contributed by atoms with Gasteiger partial charge in [-0.05, 0) is 18.2 Å². The second-order valence-corrected chi connectivity index (χ2v) is 2.67. The maximum absolute atomic E-state index is 11.4. The van der Waals surface area contributed by atoms with Gasteiger partial charge < -0.3 is 4.74 Å². The average molecular weight is 188 g/mol. The van der Waals surface area contributed by atoms with Crippen molar-refractivity contribution in [1.82, 2.24) is 10.2 Å². The first-order valence-electron chi connectivity index (χ1n) is 4.13. The van der Waals surface area contributed by atoms with Gasteiger partial charge in [0.15, 0.2) is 0 Å². The number of esters is 1. The summed E-state index contributed by atoms with van der Waals surface area (Å²) in [6, 6.07) is 10.5. The van der Waals surface area contributed by atoms with Crippen molar-refractivity contribution in [2.45, 2.75) is 0 Å². The largest absolute Gasteiger partial charge is 0.422 e. The molecule has 4 heteroatoms. The molecule has 1 N–H and O–H groups in total. The molecule has 1 aromatic heterocycles. The molecule has 0 saturated heterocycles. The highest BCUT2D eigenvalue weighted by atomic mass is 16.5. The average Bonchev–Trinajstić information content (AvgIpc) is 2.72. The number of para-hydroxylation sites is 1. The Bertz CT molecular complexity index is 409. The Balaban J connectivity index is 2.10. The van der Waals surface area contributed by atoms with E-state index < -0.39 is 5.97 Å². The maximum Gasteiger partial charge on any atom is 0.361 e. The van der Waals surface area contributed by atoms with Crippen LogP contribution in [-0.2, 0) is 0 Å². The zero-order valence-corrected chi connectivity index (χ0v) is 7.31. The summed E-state index contributed by atoms with van der Waals surface area (Å²) in [7, 11) is 0. The second kappa shape index (κ2) is 3.74. The first-order valence-corrected chi connectivity index (χ1v) is 4.13. The van der Waals surface area contributed by atoms with E-state index in [-0.39, 0.29) is 0 Å². The van der Waals surface area contributed by atoms with Gasteiger partial charge in [0, 0.05) is 6.20 Å². The summed E-state index contributed by atoms with van der Waals surface area (Å²) in [4.78, 5) is 11.4. The van der Waals surface area contributed by atoms with Crippen molar-refractivity contribution in [2.75, 3.05) is 0 Å². The number of rotatable bonds is 2. The molecule has 0 radical (unpaired) electrons. The number of hydrogen-bond donors (Lipinski definition) is 1. The number of aromatic amines is 1. The highest BCUT2D eigenvalue weighted by Gasteiger charge is 2.08. The molecule has 0 aliphatic rings. The van der Waals surface area contributed by atoms with Crippen molar-refractivity contribution < 1.29 is 9.53 Å². The standard InChI is InChI=1S/C10H8N2O2/c13-10(9-6-7-11-12-9)14-8-4-2-1-3-5-8/h1-7H,(H,11,12). The maximum atomic E-state index is 11.4. The third-order valence-electron chi connectivity index (χ3n) is 1.67. The van der Waals surface area contributed by atoms with E-state index in [4.69, 9.17) is 4.74 Å². The molecular formula is C10H8N2O2. The molecule has 0 amide bonds. The Hall–Kier alpha value is -2.10. The van der Waals surface area contributed by atoms with Crippen molar-refractivity contribution in [3.63, 3.8) is 0 Å². The quantitative estimate of drug-likeness (QED) is 0.575. The Kier molecular flexibility index (Phi) is 2.27. The first kappa shape index (κ1) is 8.50. The number of hydrogen-bond acceptors (Lipinski definition) is 3. The lowest BCUT2D eigenvalue weighted by molar-refractivity contribution is 0.0728. The van der Waals surface area contributed by atoms with Crippen molar-refractivity contribution >= 4 is 5.97 Å². The number of nitrogens with zero attached hydrogens (tertiary/aromatic N) is 1. The number of ether oxygens (including phenoxy) is 1. The number of carbonyl (C=O) groups is 1. The van der Waals surface area contributed by atoms with Gasteiger partial charge in [-0.3, -0.25) is 5.10 Å². The van der Waals surface area contributed by atoms with Crippen LogP contribution in [0.1, 0.15) is 10.5 Å². The van der Waals surface area contributed by atoms with Crippen LogP contribution in [0.15, 0.2) is 42.6 Å². The van der Waals surface area contributed by atoms with Gasteiger partial charge >= 0.3 is 5.97 Å². The summed E-state index contributed by atoms with van der Waals surface area (Å²) >= 11 is 0. The molecule has 70 valence electrons. The van der Waals surface area contributed by atoms with Gasteiger partial charge in [-0.1, -0.05) is 18.2 Å². The lowest BCUT2D eigenvalue weighted by Crippen LogP contribution is -2.08. The number of carbonyl (C=O) groups excluding carboxylic acids is 1. The van der Waals surface area contributed by atoms with Gasteiger partial charge in [0.05, 0.1) is 0 Å². The second-order valence-electron chi connectivity index (χ2n) is 2.67. The topological polar surface area (TPSA) is 55.0 Å². The Morgan fingerprint density at radius 3 is 2.64 bits per heavy atom. The first-order chi connectivity index (χ1) is 6.86. The predicted octanol–water partition coefficient (Wildman–Crippen LogP) is 1.63. The highest BCUT2D eigenvalue weighted by molar-refractivity contribution is 5.88. The van der Waals surface area contributed by atoms with Crippen LogP contribution in [0, 0.1) is 0 Å². The van der Waals surface area contributed by atoms with Crippen molar-refractivity contribution in [1.29, 1.82) is 0 Å². The molecule has 0 saturated carbocycles. The van der Waals surface area contributed by atoms with Crippen LogP contribution in [0.3, 0.4) is 0 Å². The minimum atomic E-state index is -0.436. The number of nitrogens with one attached hydrogen (secondary N) is 1. The van der Waals surface area contributed by atoms with Crippen LogP contribution in [0.25, 0.3) is 0 Å². The van der Waals surface area contributed by atoms with Crippen LogP contribution in [0.2, 0.25) is 0 Å². The third-order valence-corrected chi connectivity index (χ3v) is 1.67. The molecular weight excluding hydrogens is 180 g/mol. The fourth-order valence-corrected chi connectivity index (χ4v) is 1.02. The molecule has 0 atom stereocenters. The summed E-state index contributed by atoms with van der Waals surface area (Å²) in [5.41, 5.74) is 0.342. The van der Waals surface area contributed by atoms with Gasteiger partial charge in [0.2, 0.25) is 0 Å². The molecule has 1 aromatic carbocycles. The minimum Gasteiger partial charge on any atom is -0.422 e. The molecule has 0 aliphatic heterocycles. The fourth-order valence-electron chi connectivity index (χ4n) is 1.02. The van der Waals surface area contributed by atoms with Gasteiger partial charge in [-0.2, -0.15) is 5.10 Å². The zero-order valence-electron chi connectivity index (χ0n) is 7.31. The lowest BCUT2D eigenvalue weighted by atomic mass is 10.3. The fraction of sp³-hybridized carbons (Fsp3) is 0. The third kappa shape index (κ3) is 1.80. The van der Waals surface area contributed by atoms with Crippen molar-refractivity contribution in [2.24, 2.45) is 0 Å². The van der Waals surface area contributed by atoms with Crippen molar-refractivity contribution in [3.05, 3.63) is 48.3 Å². The van der Waals surface area contributed by atoms with E-state index in [2.05, 4.69) is 10.2 Å². The van der Waals surface area contributed by atoms with E-state index >= 15 is 0 Å². The molecule has 2 aromatic rings. The normalized spacial score (nSPS) is 9.71. The van der Waals surface area contributed by atoms with E-state index in [1.165, 1.54) is 6.20 Å². The van der Waals surface area contributed by atoms with E-state index in [9.17, 15) is 4.79 Å². The molecule has 0 unspecified atom stereocenters. The van der Waals surface area contributed by atoms with Gasteiger partial charge in [0.1, 0.15) is 11.4 Å². The molecule has 0 spiro atoms. The SMILES string of the molecule is O=C(Oc1ccccc1)c1ccn[nH]1. The zero-order chi connectivity index (χ0) is 9.80. The van der Waals surface area contributed by atoms with Crippen LogP contribution in [0.5, 0.6) is 5.75 Å². The molecule has 0 bridgehead atoms. The summed E-state index contributed by atoms with van der Waals surface area (Å²) in [5.74, 6) is 0.0841. The highest BCUT2D eigenvalue weighted by Crippen LogP contribution is 2.10. The van der Waals surface area contributed by atoms with Gasteiger partial charge in [-0.15, -0.1) is 0 Å². The van der Waals surface area contributed by atoms with Gasteiger partial charge in [0.25, 0.3) is 0 Å². The lowest BCUT2D eigenvalue weighted by Gasteiger charge is -2.00. The molecule has 2 rings (SSSR count). The summed E-state index contributed by atoms with van der Waals surface area (Å²) in [5, 5.41) is 6.19. The Labute approximate surface area is 80.5 Å². The molecule has 0 aliphatic carbocycles. The van der Waals surface area contributed by atoms with E-state index in [0.29, 0.717) is 11.4 Å². The smallest absolute Gasteiger partial charge is 0.361 e. The number of benzene rings is 1.